The van der Waals surface area contributed by atoms with Crippen LogP contribution in [0.2, 0.25) is 0 Å². The van der Waals surface area contributed by atoms with Crippen LogP contribution in [0.4, 0.5) is 0 Å². The highest BCUT2D eigenvalue weighted by molar-refractivity contribution is 5.81. The molecule has 16 heavy (non-hydrogen) atoms. The summed E-state index contributed by atoms with van der Waals surface area (Å²) in [7, 11) is 1.66. The predicted molar refractivity (Wildman–Crippen MR) is 64.0 cm³/mol. The van der Waals surface area contributed by atoms with Gasteiger partial charge in [0.15, 0.2) is 17.0 Å². The normalized spacial score (nSPS) is 12.1. The van der Waals surface area contributed by atoms with Crippen LogP contribution in [0, 0.1) is 6.92 Å². The molecule has 1 heterocycles. The monoisotopic (exact) mass is 219 g/mol. The molecule has 3 heteroatoms. The average molecular weight is 219 g/mol. The van der Waals surface area contributed by atoms with Crippen LogP contribution in [0.25, 0.3) is 11.1 Å². The number of methoxy groups -OCH3 is 1. The average Bonchev–Trinajstić information content (AvgIpc) is 2.54. The van der Waals surface area contributed by atoms with Crippen molar-refractivity contribution in [1.29, 1.82) is 0 Å². The fourth-order valence-corrected chi connectivity index (χ4v) is 1.70. The van der Waals surface area contributed by atoms with Crippen LogP contribution in [0.15, 0.2) is 16.5 Å². The zero-order chi connectivity index (χ0) is 11.9. The summed E-state index contributed by atoms with van der Waals surface area (Å²) in [6, 6.07) is 4.07. The van der Waals surface area contributed by atoms with Crippen LogP contribution in [-0.2, 0) is 5.41 Å². The van der Waals surface area contributed by atoms with E-state index in [1.165, 1.54) is 5.56 Å². The van der Waals surface area contributed by atoms with Gasteiger partial charge in [0.1, 0.15) is 5.75 Å². The van der Waals surface area contributed by atoms with Gasteiger partial charge in [-0.2, -0.15) is 0 Å². The molecule has 0 aliphatic heterocycles. The van der Waals surface area contributed by atoms with E-state index in [0.29, 0.717) is 5.89 Å². The summed E-state index contributed by atoms with van der Waals surface area (Å²) < 4.78 is 10.9. The number of hydrogen-bond acceptors (Lipinski definition) is 3. The molecule has 0 amide bonds. The van der Waals surface area contributed by atoms with Crippen LogP contribution in [0.3, 0.4) is 0 Å². The number of oxazole rings is 1. The number of aromatic nitrogens is 1. The Morgan fingerprint density at radius 1 is 1.25 bits per heavy atom. The van der Waals surface area contributed by atoms with Gasteiger partial charge >= 0.3 is 0 Å². The van der Waals surface area contributed by atoms with Gasteiger partial charge in [-0.1, -0.05) is 20.8 Å². The maximum absolute atomic E-state index is 5.56. The zero-order valence-corrected chi connectivity index (χ0v) is 10.4. The standard InChI is InChI=1S/C13H17NO2/c1-8-14-12-10(15-5)6-9(13(2,3)4)7-11(12)16-8/h6-7H,1-5H3. The highest BCUT2D eigenvalue weighted by Crippen LogP contribution is 2.32. The van der Waals surface area contributed by atoms with Gasteiger partial charge in [0, 0.05) is 6.92 Å². The first kappa shape index (κ1) is 11.0. The molecule has 1 aromatic carbocycles. The summed E-state index contributed by atoms with van der Waals surface area (Å²) in [5, 5.41) is 0. The molecule has 0 radical (unpaired) electrons. The van der Waals surface area contributed by atoms with Crippen molar-refractivity contribution in [3.05, 3.63) is 23.6 Å². The molecular weight excluding hydrogens is 202 g/mol. The molecule has 0 fully saturated rings. The van der Waals surface area contributed by atoms with E-state index in [-0.39, 0.29) is 5.41 Å². The van der Waals surface area contributed by atoms with Gasteiger partial charge in [0.25, 0.3) is 0 Å². The molecule has 0 N–H and O–H groups in total. The van der Waals surface area contributed by atoms with Crippen molar-refractivity contribution in [2.24, 2.45) is 0 Å². The molecule has 0 bridgehead atoms. The molecule has 86 valence electrons. The van der Waals surface area contributed by atoms with Crippen molar-refractivity contribution in [1.82, 2.24) is 4.98 Å². The van der Waals surface area contributed by atoms with Gasteiger partial charge < -0.3 is 9.15 Å². The topological polar surface area (TPSA) is 35.3 Å². The lowest BCUT2D eigenvalue weighted by molar-refractivity contribution is 0.417. The van der Waals surface area contributed by atoms with E-state index in [1.807, 2.05) is 19.1 Å². The molecule has 0 spiro atoms. The second-order valence-electron chi connectivity index (χ2n) is 5.01. The van der Waals surface area contributed by atoms with Crippen molar-refractivity contribution in [3.8, 4) is 5.75 Å². The number of aryl methyl sites for hydroxylation is 1. The summed E-state index contributed by atoms with van der Waals surface area (Å²) >= 11 is 0. The molecule has 0 saturated heterocycles. The largest absolute Gasteiger partial charge is 0.494 e. The van der Waals surface area contributed by atoms with Crippen LogP contribution in [0.1, 0.15) is 32.2 Å². The fraction of sp³-hybridized carbons (Fsp3) is 0.462. The van der Waals surface area contributed by atoms with Crippen molar-refractivity contribution in [3.63, 3.8) is 0 Å². The van der Waals surface area contributed by atoms with Crippen LogP contribution in [0.5, 0.6) is 5.75 Å². The highest BCUT2D eigenvalue weighted by Gasteiger charge is 2.18. The Labute approximate surface area is 95.4 Å². The van der Waals surface area contributed by atoms with Gasteiger partial charge in [-0.05, 0) is 23.1 Å². The molecule has 2 aromatic rings. The number of hydrogen-bond donors (Lipinski definition) is 0. The van der Waals surface area contributed by atoms with E-state index in [1.54, 1.807) is 7.11 Å². The molecular formula is C13H17NO2. The highest BCUT2D eigenvalue weighted by atomic mass is 16.5. The molecule has 3 nitrogen and oxygen atoms in total. The third-order valence-corrected chi connectivity index (χ3v) is 2.65. The van der Waals surface area contributed by atoms with Crippen molar-refractivity contribution in [2.45, 2.75) is 33.1 Å². The minimum atomic E-state index is 0.0716. The fourth-order valence-electron chi connectivity index (χ4n) is 1.70. The smallest absolute Gasteiger partial charge is 0.192 e. The van der Waals surface area contributed by atoms with E-state index in [2.05, 4.69) is 25.8 Å². The van der Waals surface area contributed by atoms with Crippen LogP contribution < -0.4 is 4.74 Å². The first-order valence-electron chi connectivity index (χ1n) is 5.37. The predicted octanol–water partition coefficient (Wildman–Crippen LogP) is 3.44. The van der Waals surface area contributed by atoms with Crippen molar-refractivity contribution >= 4 is 11.1 Å². The second-order valence-corrected chi connectivity index (χ2v) is 5.01. The summed E-state index contributed by atoms with van der Waals surface area (Å²) in [5.41, 5.74) is 2.85. The van der Waals surface area contributed by atoms with E-state index in [0.717, 1.165) is 16.8 Å². The Morgan fingerprint density at radius 2 is 1.94 bits per heavy atom. The Bertz CT molecular complexity index is 520. The zero-order valence-electron chi connectivity index (χ0n) is 10.4. The van der Waals surface area contributed by atoms with Crippen LogP contribution in [-0.4, -0.2) is 12.1 Å². The molecule has 2 rings (SSSR count). The summed E-state index contributed by atoms with van der Waals surface area (Å²) in [4.78, 5) is 4.32. The number of nitrogens with zero attached hydrogens (tertiary/aromatic N) is 1. The number of rotatable bonds is 1. The summed E-state index contributed by atoms with van der Waals surface area (Å²) in [6.45, 7) is 8.33. The van der Waals surface area contributed by atoms with E-state index in [9.17, 15) is 0 Å². The Hall–Kier alpha value is -1.51. The van der Waals surface area contributed by atoms with Gasteiger partial charge in [0.2, 0.25) is 0 Å². The molecule has 1 aromatic heterocycles. The van der Waals surface area contributed by atoms with Crippen molar-refractivity contribution in [2.75, 3.05) is 7.11 Å². The van der Waals surface area contributed by atoms with Crippen LogP contribution >= 0.6 is 0 Å². The minimum Gasteiger partial charge on any atom is -0.494 e. The Balaban J connectivity index is 2.72. The van der Waals surface area contributed by atoms with Gasteiger partial charge in [-0.3, -0.25) is 0 Å². The first-order chi connectivity index (χ1) is 7.41. The molecule has 0 aliphatic carbocycles. The molecule has 0 unspecified atom stereocenters. The lowest BCUT2D eigenvalue weighted by Gasteiger charge is -2.19. The van der Waals surface area contributed by atoms with Crippen molar-refractivity contribution < 1.29 is 9.15 Å². The lowest BCUT2D eigenvalue weighted by Crippen LogP contribution is -2.11. The van der Waals surface area contributed by atoms with E-state index < -0.39 is 0 Å². The summed E-state index contributed by atoms with van der Waals surface area (Å²) in [5.74, 6) is 1.44. The Kier molecular flexibility index (Phi) is 2.41. The van der Waals surface area contributed by atoms with Gasteiger partial charge in [0.05, 0.1) is 7.11 Å². The number of ether oxygens (including phenoxy) is 1. The van der Waals surface area contributed by atoms with Gasteiger partial charge in [-0.25, -0.2) is 4.98 Å². The molecule has 0 atom stereocenters. The third kappa shape index (κ3) is 1.77. The van der Waals surface area contributed by atoms with E-state index >= 15 is 0 Å². The van der Waals surface area contributed by atoms with Gasteiger partial charge in [-0.15, -0.1) is 0 Å². The quantitative estimate of drug-likeness (QED) is 0.737. The SMILES string of the molecule is COc1cc(C(C)(C)C)cc2oc(C)nc12. The maximum Gasteiger partial charge on any atom is 0.192 e. The maximum atomic E-state index is 5.56. The summed E-state index contributed by atoms with van der Waals surface area (Å²) in [6.07, 6.45) is 0. The second kappa shape index (κ2) is 3.51. The first-order valence-corrected chi connectivity index (χ1v) is 5.37. The lowest BCUT2D eigenvalue weighted by atomic mass is 9.87. The third-order valence-electron chi connectivity index (χ3n) is 2.65. The minimum absolute atomic E-state index is 0.0716. The molecule has 0 saturated carbocycles. The number of benzene rings is 1. The molecule has 0 aliphatic rings. The number of fused-ring (bicyclic) bond motifs is 1. The van der Waals surface area contributed by atoms with E-state index in [4.69, 9.17) is 9.15 Å². The Morgan fingerprint density at radius 3 is 2.50 bits per heavy atom.